The smallest absolute Gasteiger partial charge is 0.239 e. The molecular formula is C18H27N3O2. The van der Waals surface area contributed by atoms with Crippen LogP contribution in [0.2, 0.25) is 0 Å². The van der Waals surface area contributed by atoms with E-state index in [1.807, 2.05) is 12.1 Å². The molecular weight excluding hydrogens is 290 g/mol. The van der Waals surface area contributed by atoms with E-state index in [0.717, 1.165) is 38.2 Å². The van der Waals surface area contributed by atoms with Gasteiger partial charge in [0.25, 0.3) is 0 Å². The molecule has 1 heterocycles. The molecule has 2 atom stereocenters. The molecule has 1 saturated heterocycles. The zero-order valence-electron chi connectivity index (χ0n) is 14.0. The molecule has 0 aromatic heterocycles. The number of rotatable bonds is 6. The molecule has 1 aliphatic heterocycles. The fraction of sp³-hybridized carbons (Fsp3) is 0.611. The Labute approximate surface area is 138 Å². The summed E-state index contributed by atoms with van der Waals surface area (Å²) in [6, 6.07) is 8.66. The average molecular weight is 317 g/mol. The molecule has 0 unspecified atom stereocenters. The fourth-order valence-electron chi connectivity index (χ4n) is 3.17. The molecule has 2 fully saturated rings. The average Bonchev–Trinajstić information content (AvgIpc) is 3.29. The molecule has 0 radical (unpaired) electrons. The topological polar surface area (TPSA) is 53.6 Å². The molecule has 0 bridgehead atoms. The van der Waals surface area contributed by atoms with Crippen molar-refractivity contribution in [2.75, 3.05) is 25.0 Å². The monoisotopic (exact) mass is 317 g/mol. The van der Waals surface area contributed by atoms with Gasteiger partial charge in [0.15, 0.2) is 0 Å². The summed E-state index contributed by atoms with van der Waals surface area (Å²) in [7, 11) is 0. The van der Waals surface area contributed by atoms with E-state index in [9.17, 15) is 4.79 Å². The fourth-order valence-corrected chi connectivity index (χ4v) is 3.17. The van der Waals surface area contributed by atoms with E-state index < -0.39 is 0 Å². The maximum atomic E-state index is 11.9. The minimum absolute atomic E-state index is 0.0796. The maximum absolute atomic E-state index is 11.9. The molecule has 1 aliphatic carbocycles. The lowest BCUT2D eigenvalue weighted by atomic mass is 10.1. The molecule has 126 valence electrons. The summed E-state index contributed by atoms with van der Waals surface area (Å²) in [6.07, 6.45) is 2.78. The van der Waals surface area contributed by atoms with Crippen molar-refractivity contribution in [1.82, 2.24) is 10.2 Å². The minimum Gasteiger partial charge on any atom is -0.376 e. The number of nitrogens with one attached hydrogen (secondary N) is 2. The van der Waals surface area contributed by atoms with Gasteiger partial charge >= 0.3 is 0 Å². The van der Waals surface area contributed by atoms with Crippen LogP contribution in [-0.4, -0.2) is 48.7 Å². The number of hydrogen-bond donors (Lipinski definition) is 2. The van der Waals surface area contributed by atoms with E-state index >= 15 is 0 Å². The van der Waals surface area contributed by atoms with Crippen LogP contribution in [0.15, 0.2) is 24.3 Å². The van der Waals surface area contributed by atoms with Crippen molar-refractivity contribution in [3.8, 4) is 0 Å². The zero-order chi connectivity index (χ0) is 16.2. The van der Waals surface area contributed by atoms with Crippen molar-refractivity contribution in [3.05, 3.63) is 29.8 Å². The van der Waals surface area contributed by atoms with E-state index in [4.69, 9.17) is 4.74 Å². The van der Waals surface area contributed by atoms with Crippen LogP contribution in [0.5, 0.6) is 0 Å². The summed E-state index contributed by atoms with van der Waals surface area (Å²) >= 11 is 0. The Morgan fingerprint density at radius 2 is 1.91 bits per heavy atom. The Morgan fingerprint density at radius 1 is 1.22 bits per heavy atom. The number of para-hydroxylation sites is 1. The molecule has 5 nitrogen and oxygen atoms in total. The second kappa shape index (κ2) is 7.32. The molecule has 3 rings (SSSR count). The highest BCUT2D eigenvalue weighted by Gasteiger charge is 2.24. The van der Waals surface area contributed by atoms with Gasteiger partial charge in [0.05, 0.1) is 18.8 Å². The Balaban J connectivity index is 1.57. The van der Waals surface area contributed by atoms with Crippen LogP contribution in [0, 0.1) is 0 Å². The van der Waals surface area contributed by atoms with E-state index in [1.165, 1.54) is 5.56 Å². The molecule has 0 spiro atoms. The third-order valence-electron chi connectivity index (χ3n) is 4.29. The third kappa shape index (κ3) is 4.94. The van der Waals surface area contributed by atoms with Crippen molar-refractivity contribution < 1.29 is 9.53 Å². The largest absolute Gasteiger partial charge is 0.376 e. The number of amides is 1. The van der Waals surface area contributed by atoms with Gasteiger partial charge in [-0.15, -0.1) is 0 Å². The number of anilines is 1. The molecule has 5 heteroatoms. The number of hydrogen-bond acceptors (Lipinski definition) is 4. The Bertz CT molecular complexity index is 535. The highest BCUT2D eigenvalue weighted by atomic mass is 16.5. The lowest BCUT2D eigenvalue weighted by Crippen LogP contribution is -2.44. The molecule has 1 saturated carbocycles. The normalized spacial score (nSPS) is 25.1. The van der Waals surface area contributed by atoms with Gasteiger partial charge in [-0.2, -0.15) is 0 Å². The number of ether oxygens (including phenoxy) is 1. The first kappa shape index (κ1) is 16.3. The number of nitrogens with zero attached hydrogens (tertiary/aromatic N) is 1. The van der Waals surface area contributed by atoms with E-state index in [-0.39, 0.29) is 18.1 Å². The summed E-state index contributed by atoms with van der Waals surface area (Å²) in [5, 5.41) is 6.30. The van der Waals surface area contributed by atoms with Crippen molar-refractivity contribution in [2.45, 2.75) is 51.5 Å². The van der Waals surface area contributed by atoms with Crippen LogP contribution in [0.25, 0.3) is 0 Å². The van der Waals surface area contributed by atoms with E-state index in [0.29, 0.717) is 12.6 Å². The van der Waals surface area contributed by atoms with Crippen molar-refractivity contribution >= 4 is 11.6 Å². The standard InChI is InChI=1S/C18H27N3O2/c1-13-10-21(11-14(2)23-13)12-15-5-3-4-6-17(15)19-9-18(22)20-16-7-8-16/h3-6,13-14,16,19H,7-12H2,1-2H3,(H,20,22)/t13-,14-/m1/s1. The van der Waals surface area contributed by atoms with Crippen LogP contribution in [0.4, 0.5) is 5.69 Å². The van der Waals surface area contributed by atoms with E-state index in [2.05, 4.69) is 41.5 Å². The summed E-state index contributed by atoms with van der Waals surface area (Å²) in [5.74, 6) is 0.0796. The van der Waals surface area contributed by atoms with Crippen LogP contribution in [0.3, 0.4) is 0 Å². The number of benzene rings is 1. The van der Waals surface area contributed by atoms with Gasteiger partial charge in [-0.3, -0.25) is 9.69 Å². The van der Waals surface area contributed by atoms with Gasteiger partial charge in [-0.05, 0) is 38.3 Å². The SMILES string of the molecule is C[C@@H]1CN(Cc2ccccc2NCC(=O)NC2CC2)C[C@@H](C)O1. The molecule has 23 heavy (non-hydrogen) atoms. The van der Waals surface area contributed by atoms with Gasteiger partial charge in [-0.25, -0.2) is 0 Å². The molecule has 1 amide bonds. The number of morpholine rings is 1. The summed E-state index contributed by atoms with van der Waals surface area (Å²) < 4.78 is 5.80. The first-order valence-electron chi connectivity index (χ1n) is 8.59. The molecule has 2 N–H and O–H groups in total. The highest BCUT2D eigenvalue weighted by molar-refractivity contribution is 5.81. The van der Waals surface area contributed by atoms with E-state index in [1.54, 1.807) is 0 Å². The summed E-state index contributed by atoms with van der Waals surface area (Å²) in [4.78, 5) is 14.3. The van der Waals surface area contributed by atoms with Crippen LogP contribution in [-0.2, 0) is 16.1 Å². The first-order valence-corrected chi connectivity index (χ1v) is 8.59. The predicted molar refractivity (Wildman–Crippen MR) is 91.4 cm³/mol. The van der Waals surface area contributed by atoms with Gasteiger partial charge in [0.2, 0.25) is 5.91 Å². The third-order valence-corrected chi connectivity index (χ3v) is 4.29. The lowest BCUT2D eigenvalue weighted by Gasteiger charge is -2.35. The predicted octanol–water partition coefficient (Wildman–Crippen LogP) is 1.99. The Kier molecular flexibility index (Phi) is 5.18. The van der Waals surface area contributed by atoms with Gasteiger partial charge in [0.1, 0.15) is 0 Å². The van der Waals surface area contributed by atoms with Crippen molar-refractivity contribution in [2.24, 2.45) is 0 Å². The minimum atomic E-state index is 0.0796. The zero-order valence-corrected chi connectivity index (χ0v) is 14.0. The van der Waals surface area contributed by atoms with Gasteiger partial charge in [0, 0.05) is 31.4 Å². The molecule has 2 aliphatic rings. The maximum Gasteiger partial charge on any atom is 0.239 e. The highest BCUT2D eigenvalue weighted by Crippen LogP contribution is 2.21. The Hall–Kier alpha value is -1.59. The lowest BCUT2D eigenvalue weighted by molar-refractivity contribution is -0.119. The van der Waals surface area contributed by atoms with Crippen LogP contribution < -0.4 is 10.6 Å². The number of carbonyl (C=O) groups is 1. The van der Waals surface area contributed by atoms with Crippen LogP contribution >= 0.6 is 0 Å². The van der Waals surface area contributed by atoms with Gasteiger partial charge < -0.3 is 15.4 Å². The van der Waals surface area contributed by atoms with Gasteiger partial charge in [-0.1, -0.05) is 18.2 Å². The second-order valence-electron chi connectivity index (χ2n) is 6.80. The quantitative estimate of drug-likeness (QED) is 0.842. The number of carbonyl (C=O) groups excluding carboxylic acids is 1. The summed E-state index contributed by atoms with van der Waals surface area (Å²) in [5.41, 5.74) is 2.28. The Morgan fingerprint density at radius 3 is 2.61 bits per heavy atom. The first-order chi connectivity index (χ1) is 11.1. The van der Waals surface area contributed by atoms with Crippen molar-refractivity contribution in [1.29, 1.82) is 0 Å². The molecule has 1 aromatic rings. The second-order valence-corrected chi connectivity index (χ2v) is 6.80. The summed E-state index contributed by atoms with van der Waals surface area (Å²) in [6.45, 7) is 7.35. The van der Waals surface area contributed by atoms with Crippen LogP contribution in [0.1, 0.15) is 32.3 Å². The molecule has 1 aromatic carbocycles. The van der Waals surface area contributed by atoms with Crippen molar-refractivity contribution in [3.63, 3.8) is 0 Å².